The molecule has 0 saturated heterocycles. The molecule has 0 radical (unpaired) electrons. The minimum Gasteiger partial charge on any atom is -0.393 e. The summed E-state index contributed by atoms with van der Waals surface area (Å²) in [5, 5.41) is 9.62. The predicted octanol–water partition coefficient (Wildman–Crippen LogP) is 4.14. The lowest BCUT2D eigenvalue weighted by Crippen LogP contribution is -2.13. The van der Waals surface area contributed by atoms with Gasteiger partial charge in [0.25, 0.3) is 0 Å². The smallest absolute Gasteiger partial charge is 0.0540 e. The van der Waals surface area contributed by atoms with Crippen molar-refractivity contribution in [2.75, 3.05) is 0 Å². The van der Waals surface area contributed by atoms with E-state index >= 15 is 0 Å². The zero-order valence-corrected chi connectivity index (χ0v) is 10.5. The molecular formula is C14H28O. The third-order valence-electron chi connectivity index (χ3n) is 3.91. The Balaban J connectivity index is 2.00. The molecule has 1 unspecified atom stereocenters. The molecule has 90 valence electrons. The summed E-state index contributed by atoms with van der Waals surface area (Å²) in [6.45, 7) is 4.52. The first kappa shape index (κ1) is 13.0. The summed E-state index contributed by atoms with van der Waals surface area (Å²) in [6, 6.07) is 0. The van der Waals surface area contributed by atoms with Crippen LogP contribution in [0.1, 0.15) is 71.6 Å². The van der Waals surface area contributed by atoms with Gasteiger partial charge in [0.05, 0.1) is 6.10 Å². The summed E-state index contributed by atoms with van der Waals surface area (Å²) in [6.07, 6.45) is 11.4. The molecule has 1 N–H and O–H groups in total. The molecule has 0 aromatic heterocycles. The Bertz CT molecular complexity index is 147. The van der Waals surface area contributed by atoms with Crippen LogP contribution in [0.15, 0.2) is 0 Å². The fourth-order valence-electron chi connectivity index (χ4n) is 2.74. The van der Waals surface area contributed by atoms with Gasteiger partial charge in [-0.25, -0.2) is 0 Å². The Hall–Kier alpha value is -0.0400. The van der Waals surface area contributed by atoms with E-state index < -0.39 is 0 Å². The van der Waals surface area contributed by atoms with Gasteiger partial charge in [-0.15, -0.1) is 0 Å². The van der Waals surface area contributed by atoms with Gasteiger partial charge in [0.2, 0.25) is 0 Å². The Morgan fingerprint density at radius 1 is 1.13 bits per heavy atom. The fourth-order valence-corrected chi connectivity index (χ4v) is 2.74. The lowest BCUT2D eigenvalue weighted by molar-refractivity contribution is 0.145. The topological polar surface area (TPSA) is 20.2 Å². The maximum atomic E-state index is 9.62. The van der Waals surface area contributed by atoms with Gasteiger partial charge in [0.15, 0.2) is 0 Å². The van der Waals surface area contributed by atoms with Crippen LogP contribution in [0.4, 0.5) is 0 Å². The van der Waals surface area contributed by atoms with Gasteiger partial charge in [-0.1, -0.05) is 58.8 Å². The van der Waals surface area contributed by atoms with Crippen LogP contribution in [0.3, 0.4) is 0 Å². The van der Waals surface area contributed by atoms with E-state index in [0.717, 1.165) is 31.1 Å². The van der Waals surface area contributed by atoms with Crippen molar-refractivity contribution in [1.82, 2.24) is 0 Å². The van der Waals surface area contributed by atoms with Gasteiger partial charge >= 0.3 is 0 Å². The molecule has 15 heavy (non-hydrogen) atoms. The van der Waals surface area contributed by atoms with Crippen LogP contribution in [0.5, 0.6) is 0 Å². The second-order valence-electron chi connectivity index (χ2n) is 5.50. The molecule has 1 aliphatic rings. The van der Waals surface area contributed by atoms with Crippen molar-refractivity contribution >= 4 is 0 Å². The van der Waals surface area contributed by atoms with E-state index in [2.05, 4.69) is 13.8 Å². The first-order valence-electron chi connectivity index (χ1n) is 6.90. The van der Waals surface area contributed by atoms with Gasteiger partial charge < -0.3 is 5.11 Å². The molecule has 1 atom stereocenters. The molecule has 1 aliphatic carbocycles. The van der Waals surface area contributed by atoms with Crippen LogP contribution in [-0.2, 0) is 0 Å². The molecule has 0 aromatic carbocycles. The number of hydrogen-bond acceptors (Lipinski definition) is 1. The maximum Gasteiger partial charge on any atom is 0.0540 e. The molecule has 0 heterocycles. The predicted molar refractivity (Wildman–Crippen MR) is 65.9 cm³/mol. The van der Waals surface area contributed by atoms with Crippen molar-refractivity contribution in [2.45, 2.75) is 77.7 Å². The normalized spacial score (nSPS) is 29.0. The van der Waals surface area contributed by atoms with Crippen molar-refractivity contribution in [3.8, 4) is 0 Å². The monoisotopic (exact) mass is 212 g/mol. The van der Waals surface area contributed by atoms with E-state index in [-0.39, 0.29) is 6.10 Å². The SMILES string of the molecule is CCCC(O)CCCC1CCC(C)CC1. The second kappa shape index (κ2) is 7.27. The molecule has 0 bridgehead atoms. The van der Waals surface area contributed by atoms with Crippen LogP contribution in [0.25, 0.3) is 0 Å². The van der Waals surface area contributed by atoms with Gasteiger partial charge in [-0.05, 0) is 24.7 Å². The summed E-state index contributed by atoms with van der Waals surface area (Å²) in [5.74, 6) is 1.93. The highest BCUT2D eigenvalue weighted by atomic mass is 16.3. The van der Waals surface area contributed by atoms with Crippen molar-refractivity contribution in [2.24, 2.45) is 11.8 Å². The quantitative estimate of drug-likeness (QED) is 0.701. The zero-order valence-electron chi connectivity index (χ0n) is 10.5. The summed E-state index contributed by atoms with van der Waals surface area (Å²) in [5.41, 5.74) is 0. The average Bonchev–Trinajstić information content (AvgIpc) is 2.21. The highest BCUT2D eigenvalue weighted by Crippen LogP contribution is 2.31. The summed E-state index contributed by atoms with van der Waals surface area (Å²) in [7, 11) is 0. The molecule has 0 aromatic rings. The van der Waals surface area contributed by atoms with Crippen LogP contribution >= 0.6 is 0 Å². The molecule has 0 spiro atoms. The van der Waals surface area contributed by atoms with Crippen molar-refractivity contribution in [3.05, 3.63) is 0 Å². The summed E-state index contributed by atoms with van der Waals surface area (Å²) < 4.78 is 0. The molecule has 0 aliphatic heterocycles. The average molecular weight is 212 g/mol. The molecule has 1 rings (SSSR count). The Kier molecular flexibility index (Phi) is 6.31. The van der Waals surface area contributed by atoms with Gasteiger partial charge in [-0.2, -0.15) is 0 Å². The third kappa shape index (κ3) is 5.55. The summed E-state index contributed by atoms with van der Waals surface area (Å²) in [4.78, 5) is 0. The highest BCUT2D eigenvalue weighted by Gasteiger charge is 2.17. The van der Waals surface area contributed by atoms with Crippen molar-refractivity contribution < 1.29 is 5.11 Å². The van der Waals surface area contributed by atoms with E-state index in [1.807, 2.05) is 0 Å². The second-order valence-corrected chi connectivity index (χ2v) is 5.50. The first-order valence-corrected chi connectivity index (χ1v) is 6.90. The van der Waals surface area contributed by atoms with Gasteiger partial charge in [-0.3, -0.25) is 0 Å². The molecular weight excluding hydrogens is 184 g/mol. The van der Waals surface area contributed by atoms with Crippen molar-refractivity contribution in [1.29, 1.82) is 0 Å². The first-order chi connectivity index (χ1) is 7.22. The van der Waals surface area contributed by atoms with E-state index in [4.69, 9.17) is 0 Å². The minimum atomic E-state index is -0.0301. The van der Waals surface area contributed by atoms with Crippen LogP contribution < -0.4 is 0 Å². The molecule has 1 heteroatoms. The van der Waals surface area contributed by atoms with E-state index in [0.29, 0.717) is 0 Å². The lowest BCUT2D eigenvalue weighted by atomic mass is 9.80. The van der Waals surface area contributed by atoms with Crippen LogP contribution in [0.2, 0.25) is 0 Å². The third-order valence-corrected chi connectivity index (χ3v) is 3.91. The minimum absolute atomic E-state index is 0.0301. The Morgan fingerprint density at radius 3 is 2.40 bits per heavy atom. The molecule has 0 amide bonds. The van der Waals surface area contributed by atoms with Gasteiger partial charge in [0.1, 0.15) is 0 Å². The summed E-state index contributed by atoms with van der Waals surface area (Å²) >= 11 is 0. The molecule has 1 fully saturated rings. The standard InChI is InChI=1S/C14H28O/c1-3-5-14(15)7-4-6-13-10-8-12(2)9-11-13/h12-15H,3-11H2,1-2H3. The van der Waals surface area contributed by atoms with Crippen LogP contribution in [-0.4, -0.2) is 11.2 Å². The van der Waals surface area contributed by atoms with E-state index in [1.165, 1.54) is 38.5 Å². The van der Waals surface area contributed by atoms with E-state index in [1.54, 1.807) is 0 Å². The fraction of sp³-hybridized carbons (Fsp3) is 1.00. The Morgan fingerprint density at radius 2 is 1.80 bits per heavy atom. The zero-order chi connectivity index (χ0) is 11.1. The molecule has 1 nitrogen and oxygen atoms in total. The number of hydrogen-bond donors (Lipinski definition) is 1. The Labute approximate surface area is 95.3 Å². The number of aliphatic hydroxyl groups is 1. The van der Waals surface area contributed by atoms with Gasteiger partial charge in [0, 0.05) is 0 Å². The van der Waals surface area contributed by atoms with Crippen molar-refractivity contribution in [3.63, 3.8) is 0 Å². The largest absolute Gasteiger partial charge is 0.393 e. The lowest BCUT2D eigenvalue weighted by Gasteiger charge is -2.26. The number of aliphatic hydroxyl groups excluding tert-OH is 1. The van der Waals surface area contributed by atoms with Crippen LogP contribution in [0, 0.1) is 11.8 Å². The molecule has 1 saturated carbocycles. The van der Waals surface area contributed by atoms with E-state index in [9.17, 15) is 5.11 Å². The highest BCUT2D eigenvalue weighted by molar-refractivity contribution is 4.70. The number of rotatable bonds is 6. The maximum absolute atomic E-state index is 9.62.